The number of hydrogen-bond donors (Lipinski definition) is 3. The Bertz CT molecular complexity index is 606. The van der Waals surface area contributed by atoms with Gasteiger partial charge in [-0.15, -0.1) is 24.0 Å². The van der Waals surface area contributed by atoms with Gasteiger partial charge in [0, 0.05) is 13.1 Å². The van der Waals surface area contributed by atoms with Gasteiger partial charge in [-0.3, -0.25) is 0 Å². The van der Waals surface area contributed by atoms with Crippen LogP contribution >= 0.6 is 24.0 Å². The van der Waals surface area contributed by atoms with Crippen LogP contribution in [0.3, 0.4) is 0 Å². The van der Waals surface area contributed by atoms with Crippen molar-refractivity contribution in [2.45, 2.75) is 44.6 Å². The summed E-state index contributed by atoms with van der Waals surface area (Å²) >= 11 is 0. The van der Waals surface area contributed by atoms with E-state index in [1.54, 1.807) is 18.2 Å². The number of aliphatic imine (C=N–C) groups is 1. The van der Waals surface area contributed by atoms with E-state index in [9.17, 15) is 8.42 Å². The SMILES string of the molecule is CCCCCNC(=NCc1cccc(S(=O)(=O)NC)c1)NCC.I. The van der Waals surface area contributed by atoms with Crippen LogP contribution < -0.4 is 15.4 Å². The molecular formula is C16H29IN4O2S. The molecule has 1 aromatic rings. The Morgan fingerprint density at radius 2 is 1.92 bits per heavy atom. The summed E-state index contributed by atoms with van der Waals surface area (Å²) in [5.74, 6) is 0.755. The molecule has 0 bridgehead atoms. The molecule has 0 aliphatic carbocycles. The van der Waals surface area contributed by atoms with Crippen molar-refractivity contribution in [2.75, 3.05) is 20.1 Å². The zero-order chi connectivity index (χ0) is 17.1. The minimum Gasteiger partial charge on any atom is -0.357 e. The van der Waals surface area contributed by atoms with Gasteiger partial charge in [0.2, 0.25) is 10.0 Å². The molecule has 0 saturated carbocycles. The summed E-state index contributed by atoms with van der Waals surface area (Å²) in [7, 11) is -2.01. The molecule has 138 valence electrons. The molecular weight excluding hydrogens is 439 g/mol. The molecule has 0 aliphatic rings. The first kappa shape index (κ1) is 23.1. The quantitative estimate of drug-likeness (QED) is 0.225. The Morgan fingerprint density at radius 3 is 2.54 bits per heavy atom. The molecule has 24 heavy (non-hydrogen) atoms. The zero-order valence-electron chi connectivity index (χ0n) is 14.6. The molecule has 8 heteroatoms. The molecule has 0 spiro atoms. The molecule has 6 nitrogen and oxygen atoms in total. The number of rotatable bonds is 9. The van der Waals surface area contributed by atoms with Crippen LogP contribution in [0.1, 0.15) is 38.7 Å². The van der Waals surface area contributed by atoms with Gasteiger partial charge in [-0.05, 0) is 38.1 Å². The molecule has 1 aromatic carbocycles. The van der Waals surface area contributed by atoms with E-state index < -0.39 is 10.0 Å². The maximum absolute atomic E-state index is 11.8. The highest BCUT2D eigenvalue weighted by Crippen LogP contribution is 2.11. The van der Waals surface area contributed by atoms with Crippen molar-refractivity contribution in [3.05, 3.63) is 29.8 Å². The van der Waals surface area contributed by atoms with Gasteiger partial charge < -0.3 is 10.6 Å². The van der Waals surface area contributed by atoms with Crippen LogP contribution in [0, 0.1) is 0 Å². The number of benzene rings is 1. The van der Waals surface area contributed by atoms with Gasteiger partial charge in [0.15, 0.2) is 5.96 Å². The van der Waals surface area contributed by atoms with E-state index in [0.717, 1.165) is 31.0 Å². The van der Waals surface area contributed by atoms with Crippen molar-refractivity contribution < 1.29 is 8.42 Å². The van der Waals surface area contributed by atoms with Crippen LogP contribution in [0.25, 0.3) is 0 Å². The van der Waals surface area contributed by atoms with E-state index in [0.29, 0.717) is 6.54 Å². The lowest BCUT2D eigenvalue weighted by Crippen LogP contribution is -2.37. The summed E-state index contributed by atoms with van der Waals surface area (Å²) in [5, 5.41) is 6.48. The fourth-order valence-corrected chi connectivity index (χ4v) is 2.82. The van der Waals surface area contributed by atoms with Gasteiger partial charge in [0.05, 0.1) is 11.4 Å². The number of hydrogen-bond acceptors (Lipinski definition) is 3. The number of halogens is 1. The van der Waals surface area contributed by atoms with Crippen molar-refractivity contribution in [1.82, 2.24) is 15.4 Å². The first-order valence-corrected chi connectivity index (χ1v) is 9.56. The first-order valence-electron chi connectivity index (χ1n) is 8.08. The second-order valence-electron chi connectivity index (χ2n) is 5.18. The molecule has 3 N–H and O–H groups in total. The maximum Gasteiger partial charge on any atom is 0.240 e. The summed E-state index contributed by atoms with van der Waals surface area (Å²) in [4.78, 5) is 4.77. The minimum absolute atomic E-state index is 0. The van der Waals surface area contributed by atoms with E-state index in [1.807, 2.05) is 13.0 Å². The summed E-state index contributed by atoms with van der Waals surface area (Å²) in [6, 6.07) is 6.83. The molecule has 0 heterocycles. The average molecular weight is 468 g/mol. The second kappa shape index (κ2) is 12.5. The first-order chi connectivity index (χ1) is 11.0. The predicted octanol–water partition coefficient (Wildman–Crippen LogP) is 2.46. The van der Waals surface area contributed by atoms with E-state index in [1.165, 1.54) is 19.9 Å². The highest BCUT2D eigenvalue weighted by Gasteiger charge is 2.11. The van der Waals surface area contributed by atoms with Crippen molar-refractivity contribution >= 4 is 40.0 Å². The lowest BCUT2D eigenvalue weighted by molar-refractivity contribution is 0.588. The van der Waals surface area contributed by atoms with Gasteiger partial charge in [-0.25, -0.2) is 18.1 Å². The van der Waals surface area contributed by atoms with Crippen molar-refractivity contribution in [3.63, 3.8) is 0 Å². The van der Waals surface area contributed by atoms with Gasteiger partial charge >= 0.3 is 0 Å². The molecule has 0 saturated heterocycles. The minimum atomic E-state index is -3.42. The molecule has 0 unspecified atom stereocenters. The van der Waals surface area contributed by atoms with Crippen molar-refractivity contribution in [3.8, 4) is 0 Å². The third-order valence-electron chi connectivity index (χ3n) is 3.31. The smallest absolute Gasteiger partial charge is 0.240 e. The summed E-state index contributed by atoms with van der Waals surface area (Å²) in [5.41, 5.74) is 0.854. The van der Waals surface area contributed by atoms with E-state index in [4.69, 9.17) is 0 Å². The molecule has 0 amide bonds. The summed E-state index contributed by atoms with van der Waals surface area (Å²) < 4.78 is 26.0. The fraction of sp³-hybridized carbons (Fsp3) is 0.562. The third-order valence-corrected chi connectivity index (χ3v) is 4.73. The normalized spacial score (nSPS) is 11.7. The highest BCUT2D eigenvalue weighted by molar-refractivity contribution is 14.0. The Labute approximate surface area is 163 Å². The monoisotopic (exact) mass is 468 g/mol. The molecule has 1 rings (SSSR count). The molecule has 0 aliphatic heterocycles. The summed E-state index contributed by atoms with van der Waals surface area (Å²) in [6.07, 6.45) is 3.48. The van der Waals surface area contributed by atoms with Crippen LogP contribution in [0.4, 0.5) is 0 Å². The van der Waals surface area contributed by atoms with Crippen molar-refractivity contribution in [2.24, 2.45) is 4.99 Å². The molecule has 0 aromatic heterocycles. The molecule has 0 atom stereocenters. The summed E-state index contributed by atoms with van der Waals surface area (Å²) in [6.45, 7) is 6.28. The van der Waals surface area contributed by atoms with Crippen LogP contribution in [0.5, 0.6) is 0 Å². The molecule has 0 radical (unpaired) electrons. The number of sulfonamides is 1. The number of nitrogens with one attached hydrogen (secondary N) is 3. The Hall–Kier alpha value is -0.870. The zero-order valence-corrected chi connectivity index (χ0v) is 17.8. The topological polar surface area (TPSA) is 82.6 Å². The molecule has 0 fully saturated rings. The second-order valence-corrected chi connectivity index (χ2v) is 7.07. The highest BCUT2D eigenvalue weighted by atomic mass is 127. The van der Waals surface area contributed by atoms with Crippen molar-refractivity contribution in [1.29, 1.82) is 0 Å². The average Bonchev–Trinajstić information content (AvgIpc) is 2.56. The number of nitrogens with zero attached hydrogens (tertiary/aromatic N) is 1. The Balaban J connectivity index is 0.00000529. The lowest BCUT2D eigenvalue weighted by Gasteiger charge is -2.11. The predicted molar refractivity (Wildman–Crippen MR) is 110 cm³/mol. The van der Waals surface area contributed by atoms with Crippen LogP contribution in [-0.2, 0) is 16.6 Å². The van der Waals surface area contributed by atoms with Crippen LogP contribution in [-0.4, -0.2) is 34.5 Å². The Kier molecular flexibility index (Phi) is 12.0. The van der Waals surface area contributed by atoms with Crippen LogP contribution in [0.2, 0.25) is 0 Å². The van der Waals surface area contributed by atoms with Gasteiger partial charge in [-0.2, -0.15) is 0 Å². The fourth-order valence-electron chi connectivity index (χ4n) is 2.02. The Morgan fingerprint density at radius 1 is 1.17 bits per heavy atom. The third kappa shape index (κ3) is 8.29. The number of unbranched alkanes of at least 4 members (excludes halogenated alkanes) is 2. The lowest BCUT2D eigenvalue weighted by atomic mass is 10.2. The maximum atomic E-state index is 11.8. The van der Waals surface area contributed by atoms with Gasteiger partial charge in [-0.1, -0.05) is 31.9 Å². The van der Waals surface area contributed by atoms with Gasteiger partial charge in [0.1, 0.15) is 0 Å². The van der Waals surface area contributed by atoms with Gasteiger partial charge in [0.25, 0.3) is 0 Å². The van der Waals surface area contributed by atoms with E-state index in [-0.39, 0.29) is 28.9 Å². The largest absolute Gasteiger partial charge is 0.357 e. The number of guanidine groups is 1. The van der Waals surface area contributed by atoms with Crippen LogP contribution in [0.15, 0.2) is 34.2 Å². The van der Waals surface area contributed by atoms with E-state index in [2.05, 4.69) is 27.3 Å². The standard InChI is InChI=1S/C16H28N4O2S.HI/c1-4-6-7-11-19-16(18-5-2)20-13-14-9-8-10-15(12-14)23(21,22)17-3;/h8-10,12,17H,4-7,11,13H2,1-3H3,(H2,18,19,20);1H. The van der Waals surface area contributed by atoms with E-state index >= 15 is 0 Å².